The molecule has 0 radical (unpaired) electrons. The SMILES string of the molecule is C[NH+]1CCN(Cc2cccc(-c3nc(C(=O)[O-])cs3)c2)CC1. The summed E-state index contributed by atoms with van der Waals surface area (Å²) in [6, 6.07) is 8.19. The molecule has 1 aromatic heterocycles. The van der Waals surface area contributed by atoms with Crippen LogP contribution in [0.2, 0.25) is 0 Å². The summed E-state index contributed by atoms with van der Waals surface area (Å²) >= 11 is 1.34. The molecule has 2 aromatic rings. The van der Waals surface area contributed by atoms with E-state index in [1.54, 1.807) is 4.90 Å². The number of hydrogen-bond acceptors (Lipinski definition) is 5. The number of likely N-dealkylation sites (N-methyl/N-ethyl adjacent to an activating group) is 1. The van der Waals surface area contributed by atoms with E-state index in [1.165, 1.54) is 35.4 Å². The number of aromatic nitrogens is 1. The molecule has 1 aliphatic heterocycles. The first-order chi connectivity index (χ1) is 10.6. The molecule has 2 heterocycles. The van der Waals surface area contributed by atoms with Gasteiger partial charge in [-0.05, 0) is 11.6 Å². The summed E-state index contributed by atoms with van der Waals surface area (Å²) in [4.78, 5) is 19.0. The van der Waals surface area contributed by atoms with Crippen molar-refractivity contribution in [3.63, 3.8) is 0 Å². The van der Waals surface area contributed by atoms with Gasteiger partial charge < -0.3 is 14.8 Å². The van der Waals surface area contributed by atoms with Crippen LogP contribution in [0.3, 0.4) is 0 Å². The number of carbonyl (C=O) groups is 1. The van der Waals surface area contributed by atoms with E-state index in [0.717, 1.165) is 30.2 Å². The molecule has 0 saturated carbocycles. The highest BCUT2D eigenvalue weighted by molar-refractivity contribution is 7.13. The van der Waals surface area contributed by atoms with Gasteiger partial charge >= 0.3 is 0 Å². The maximum atomic E-state index is 10.8. The molecule has 22 heavy (non-hydrogen) atoms. The van der Waals surface area contributed by atoms with Gasteiger partial charge in [0.1, 0.15) is 5.01 Å². The van der Waals surface area contributed by atoms with Gasteiger partial charge in [-0.25, -0.2) is 4.98 Å². The fourth-order valence-corrected chi connectivity index (χ4v) is 3.44. The van der Waals surface area contributed by atoms with Gasteiger partial charge in [0.2, 0.25) is 0 Å². The highest BCUT2D eigenvalue weighted by Gasteiger charge is 2.16. The maximum absolute atomic E-state index is 10.8. The normalized spacial score (nSPS) is 16.8. The van der Waals surface area contributed by atoms with Crippen LogP contribution in [0.25, 0.3) is 10.6 Å². The fraction of sp³-hybridized carbons (Fsp3) is 0.375. The second kappa shape index (κ2) is 6.56. The van der Waals surface area contributed by atoms with Crippen LogP contribution >= 0.6 is 11.3 Å². The van der Waals surface area contributed by atoms with Gasteiger partial charge in [-0.3, -0.25) is 4.90 Å². The predicted octanol–water partition coefficient (Wildman–Crippen LogP) is -0.496. The average molecular weight is 317 g/mol. The first kappa shape index (κ1) is 15.1. The van der Waals surface area contributed by atoms with Crippen molar-refractivity contribution in [2.75, 3.05) is 33.2 Å². The summed E-state index contributed by atoms with van der Waals surface area (Å²) in [6.07, 6.45) is 0. The molecule has 1 aromatic carbocycles. The number of quaternary nitrogens is 1. The average Bonchev–Trinajstić information content (AvgIpc) is 3.00. The van der Waals surface area contributed by atoms with E-state index >= 15 is 0 Å². The molecule has 1 N–H and O–H groups in total. The molecule has 1 saturated heterocycles. The Morgan fingerprint density at radius 3 is 2.86 bits per heavy atom. The van der Waals surface area contributed by atoms with Crippen molar-refractivity contribution in [2.45, 2.75) is 6.54 Å². The maximum Gasteiger partial charge on any atom is 0.124 e. The Kier molecular flexibility index (Phi) is 4.52. The second-order valence-corrected chi connectivity index (χ2v) is 6.62. The Morgan fingerprint density at radius 1 is 1.41 bits per heavy atom. The quantitative estimate of drug-likeness (QED) is 0.826. The molecule has 0 amide bonds. The summed E-state index contributed by atoms with van der Waals surface area (Å²) in [5.41, 5.74) is 2.21. The molecule has 1 fully saturated rings. The number of thiazole rings is 1. The van der Waals surface area contributed by atoms with Gasteiger partial charge in [-0.2, -0.15) is 0 Å². The van der Waals surface area contributed by atoms with E-state index in [0.29, 0.717) is 0 Å². The number of benzene rings is 1. The van der Waals surface area contributed by atoms with Crippen molar-refractivity contribution in [3.05, 3.63) is 40.9 Å². The molecule has 0 atom stereocenters. The zero-order valence-corrected chi connectivity index (χ0v) is 13.4. The van der Waals surface area contributed by atoms with Gasteiger partial charge in [0.05, 0.1) is 31.8 Å². The fourth-order valence-electron chi connectivity index (χ4n) is 2.65. The van der Waals surface area contributed by atoms with E-state index in [1.807, 2.05) is 12.1 Å². The molecule has 5 nitrogen and oxygen atoms in total. The topological polar surface area (TPSA) is 60.7 Å². The largest absolute Gasteiger partial charge is 0.543 e. The third-order valence-electron chi connectivity index (χ3n) is 4.00. The van der Waals surface area contributed by atoms with Crippen LogP contribution in [-0.4, -0.2) is 49.1 Å². The van der Waals surface area contributed by atoms with Crippen molar-refractivity contribution >= 4 is 17.3 Å². The Bertz CT molecular complexity index is 663. The van der Waals surface area contributed by atoms with Crippen LogP contribution < -0.4 is 10.0 Å². The number of carbonyl (C=O) groups excluding carboxylic acids is 1. The summed E-state index contributed by atoms with van der Waals surface area (Å²) < 4.78 is 0. The molecular formula is C16H19N3O2S. The first-order valence-electron chi connectivity index (χ1n) is 7.41. The lowest BCUT2D eigenvalue weighted by atomic mass is 10.1. The number of carboxylic acids is 1. The van der Waals surface area contributed by atoms with Crippen molar-refractivity contribution in [3.8, 4) is 10.6 Å². The highest BCUT2D eigenvalue weighted by atomic mass is 32.1. The minimum Gasteiger partial charge on any atom is -0.543 e. The van der Waals surface area contributed by atoms with Crippen LogP contribution in [0.15, 0.2) is 29.6 Å². The Hall–Kier alpha value is -1.76. The van der Waals surface area contributed by atoms with Crippen molar-refractivity contribution < 1.29 is 14.8 Å². The van der Waals surface area contributed by atoms with Crippen LogP contribution in [0.5, 0.6) is 0 Å². The number of aromatic carboxylic acids is 1. The lowest BCUT2D eigenvalue weighted by Gasteiger charge is -2.30. The Labute approximate surface area is 133 Å². The van der Waals surface area contributed by atoms with Gasteiger partial charge in [0.15, 0.2) is 0 Å². The smallest absolute Gasteiger partial charge is 0.124 e. The van der Waals surface area contributed by atoms with Crippen LogP contribution in [0.4, 0.5) is 0 Å². The number of nitrogens with zero attached hydrogens (tertiary/aromatic N) is 2. The Balaban J connectivity index is 1.73. The molecule has 0 bridgehead atoms. The lowest BCUT2D eigenvalue weighted by Crippen LogP contribution is -3.11. The molecule has 0 spiro atoms. The summed E-state index contributed by atoms with van der Waals surface area (Å²) in [6.45, 7) is 5.52. The molecule has 1 aliphatic rings. The van der Waals surface area contributed by atoms with Gasteiger partial charge in [0.25, 0.3) is 0 Å². The van der Waals surface area contributed by atoms with Gasteiger partial charge in [-0.15, -0.1) is 11.3 Å². The summed E-state index contributed by atoms with van der Waals surface area (Å²) in [5, 5.41) is 13.1. The third-order valence-corrected chi connectivity index (χ3v) is 4.89. The van der Waals surface area contributed by atoms with Crippen molar-refractivity contribution in [1.82, 2.24) is 9.88 Å². The molecule has 6 heteroatoms. The van der Waals surface area contributed by atoms with E-state index in [4.69, 9.17) is 0 Å². The molecule has 3 rings (SSSR count). The number of rotatable bonds is 4. The zero-order chi connectivity index (χ0) is 15.5. The first-order valence-corrected chi connectivity index (χ1v) is 8.29. The summed E-state index contributed by atoms with van der Waals surface area (Å²) in [5.74, 6) is -1.22. The zero-order valence-electron chi connectivity index (χ0n) is 12.5. The molecule has 0 unspecified atom stereocenters. The minimum absolute atomic E-state index is 0.00689. The van der Waals surface area contributed by atoms with Crippen molar-refractivity contribution in [1.29, 1.82) is 0 Å². The number of carboxylic acid groups (broad SMARTS) is 1. The van der Waals surface area contributed by atoms with Crippen LogP contribution in [0, 0.1) is 0 Å². The third kappa shape index (κ3) is 3.52. The summed E-state index contributed by atoms with van der Waals surface area (Å²) in [7, 11) is 2.23. The molecular weight excluding hydrogens is 298 g/mol. The van der Waals surface area contributed by atoms with E-state index in [9.17, 15) is 9.90 Å². The second-order valence-electron chi connectivity index (χ2n) is 5.76. The van der Waals surface area contributed by atoms with Gasteiger partial charge in [-0.1, -0.05) is 18.2 Å². The number of piperazine rings is 1. The molecule has 0 aliphatic carbocycles. The standard InChI is InChI=1S/C16H19N3O2S/c1-18-5-7-19(8-6-18)10-12-3-2-4-13(9-12)15-17-14(11-22-15)16(20)21/h2-4,9,11H,5-8,10H2,1H3,(H,20,21). The van der Waals surface area contributed by atoms with Crippen LogP contribution in [-0.2, 0) is 6.54 Å². The van der Waals surface area contributed by atoms with Gasteiger partial charge in [0, 0.05) is 30.6 Å². The van der Waals surface area contributed by atoms with E-state index in [-0.39, 0.29) is 5.69 Å². The van der Waals surface area contributed by atoms with E-state index < -0.39 is 5.97 Å². The minimum atomic E-state index is -1.22. The van der Waals surface area contributed by atoms with E-state index in [2.05, 4.69) is 29.1 Å². The predicted molar refractivity (Wildman–Crippen MR) is 83.8 cm³/mol. The number of hydrogen-bond donors (Lipinski definition) is 1. The van der Waals surface area contributed by atoms with Crippen LogP contribution in [0.1, 0.15) is 16.1 Å². The highest BCUT2D eigenvalue weighted by Crippen LogP contribution is 2.24. The Morgan fingerprint density at radius 2 is 2.18 bits per heavy atom. The van der Waals surface area contributed by atoms with Crippen molar-refractivity contribution in [2.24, 2.45) is 0 Å². The monoisotopic (exact) mass is 317 g/mol. The number of nitrogens with one attached hydrogen (secondary N) is 1. The lowest BCUT2D eigenvalue weighted by molar-refractivity contribution is -0.884. The molecule has 116 valence electrons.